The SMILES string of the molecule is Cc1cncc(C(=O)N2CC(C)NCc3ccccc32)c1. The van der Waals surface area contributed by atoms with Crippen molar-refractivity contribution in [2.75, 3.05) is 11.4 Å². The van der Waals surface area contributed by atoms with Crippen LogP contribution >= 0.6 is 0 Å². The lowest BCUT2D eigenvalue weighted by Crippen LogP contribution is -2.39. The Hall–Kier alpha value is -2.20. The van der Waals surface area contributed by atoms with Crippen LogP contribution in [0.2, 0.25) is 0 Å². The number of nitrogens with one attached hydrogen (secondary N) is 1. The molecule has 1 aromatic carbocycles. The first-order chi connectivity index (χ1) is 10.1. The lowest BCUT2D eigenvalue weighted by atomic mass is 10.1. The number of pyridine rings is 1. The third kappa shape index (κ3) is 2.81. The van der Waals surface area contributed by atoms with Crippen LogP contribution in [-0.2, 0) is 6.54 Å². The average molecular weight is 281 g/mol. The monoisotopic (exact) mass is 281 g/mol. The molecular weight excluding hydrogens is 262 g/mol. The van der Waals surface area contributed by atoms with Gasteiger partial charge >= 0.3 is 0 Å². The normalized spacial score (nSPS) is 18.0. The van der Waals surface area contributed by atoms with Crippen molar-refractivity contribution in [2.45, 2.75) is 26.4 Å². The minimum Gasteiger partial charge on any atom is -0.308 e. The zero-order valence-corrected chi connectivity index (χ0v) is 12.3. The molecule has 0 saturated carbocycles. The molecule has 1 aromatic heterocycles. The molecule has 1 unspecified atom stereocenters. The molecule has 1 aliphatic rings. The van der Waals surface area contributed by atoms with Crippen LogP contribution in [0.4, 0.5) is 5.69 Å². The van der Waals surface area contributed by atoms with E-state index >= 15 is 0 Å². The van der Waals surface area contributed by atoms with Gasteiger partial charge in [0.05, 0.1) is 5.56 Å². The van der Waals surface area contributed by atoms with Crippen molar-refractivity contribution in [3.8, 4) is 0 Å². The van der Waals surface area contributed by atoms with Crippen molar-refractivity contribution >= 4 is 11.6 Å². The number of hydrogen-bond donors (Lipinski definition) is 1. The molecule has 1 aliphatic heterocycles. The Balaban J connectivity index is 2.01. The highest BCUT2D eigenvalue weighted by Gasteiger charge is 2.24. The number of carbonyl (C=O) groups is 1. The summed E-state index contributed by atoms with van der Waals surface area (Å²) in [6, 6.07) is 10.2. The molecule has 108 valence electrons. The second kappa shape index (κ2) is 5.66. The summed E-state index contributed by atoms with van der Waals surface area (Å²) in [7, 11) is 0. The topological polar surface area (TPSA) is 45.2 Å². The summed E-state index contributed by atoms with van der Waals surface area (Å²) in [5.74, 6) is 0.00852. The number of anilines is 1. The van der Waals surface area contributed by atoms with Gasteiger partial charge in [-0.2, -0.15) is 0 Å². The third-order valence-electron chi connectivity index (χ3n) is 3.75. The van der Waals surface area contributed by atoms with Gasteiger partial charge < -0.3 is 10.2 Å². The number of fused-ring (bicyclic) bond motifs is 1. The highest BCUT2D eigenvalue weighted by Crippen LogP contribution is 2.25. The molecule has 0 saturated heterocycles. The van der Waals surface area contributed by atoms with Gasteiger partial charge in [0.2, 0.25) is 0 Å². The summed E-state index contributed by atoms with van der Waals surface area (Å²) < 4.78 is 0. The number of aromatic nitrogens is 1. The molecule has 0 fully saturated rings. The number of aryl methyl sites for hydroxylation is 1. The molecule has 2 heterocycles. The number of rotatable bonds is 1. The predicted molar refractivity (Wildman–Crippen MR) is 83.4 cm³/mol. The second-order valence-corrected chi connectivity index (χ2v) is 5.58. The van der Waals surface area contributed by atoms with Crippen molar-refractivity contribution < 1.29 is 4.79 Å². The average Bonchev–Trinajstić information content (AvgIpc) is 2.66. The van der Waals surface area contributed by atoms with Crippen molar-refractivity contribution in [1.29, 1.82) is 0 Å². The zero-order chi connectivity index (χ0) is 14.8. The van der Waals surface area contributed by atoms with E-state index in [2.05, 4.69) is 23.3 Å². The van der Waals surface area contributed by atoms with Gasteiger partial charge in [-0.3, -0.25) is 9.78 Å². The summed E-state index contributed by atoms with van der Waals surface area (Å²) in [5, 5.41) is 3.44. The Labute approximate surface area is 124 Å². The van der Waals surface area contributed by atoms with Crippen LogP contribution in [0.15, 0.2) is 42.7 Å². The van der Waals surface area contributed by atoms with E-state index in [1.54, 1.807) is 12.4 Å². The van der Waals surface area contributed by atoms with Gasteiger partial charge in [0.25, 0.3) is 5.91 Å². The first kappa shape index (κ1) is 13.8. The maximum atomic E-state index is 12.9. The maximum absolute atomic E-state index is 12.9. The van der Waals surface area contributed by atoms with Crippen molar-refractivity contribution in [3.05, 3.63) is 59.4 Å². The highest BCUT2D eigenvalue weighted by atomic mass is 16.2. The largest absolute Gasteiger partial charge is 0.308 e. The third-order valence-corrected chi connectivity index (χ3v) is 3.75. The molecule has 21 heavy (non-hydrogen) atoms. The molecule has 4 heteroatoms. The van der Waals surface area contributed by atoms with E-state index in [4.69, 9.17) is 0 Å². The Bertz CT molecular complexity index is 669. The van der Waals surface area contributed by atoms with Gasteiger partial charge in [-0.25, -0.2) is 0 Å². The minimum atomic E-state index is 0.00852. The van der Waals surface area contributed by atoms with Crippen LogP contribution in [0.5, 0.6) is 0 Å². The fourth-order valence-corrected chi connectivity index (χ4v) is 2.66. The molecule has 4 nitrogen and oxygen atoms in total. The van der Waals surface area contributed by atoms with E-state index in [0.717, 1.165) is 23.4 Å². The van der Waals surface area contributed by atoms with Crippen LogP contribution in [0.3, 0.4) is 0 Å². The molecule has 1 N–H and O–H groups in total. The fourth-order valence-electron chi connectivity index (χ4n) is 2.66. The van der Waals surface area contributed by atoms with Gasteiger partial charge in [-0.1, -0.05) is 18.2 Å². The summed E-state index contributed by atoms with van der Waals surface area (Å²) >= 11 is 0. The fraction of sp³-hybridized carbons (Fsp3) is 0.294. The molecule has 0 spiro atoms. The Morgan fingerprint density at radius 3 is 2.95 bits per heavy atom. The van der Waals surface area contributed by atoms with E-state index in [1.165, 1.54) is 0 Å². The van der Waals surface area contributed by atoms with Crippen molar-refractivity contribution in [2.24, 2.45) is 0 Å². The number of para-hydroxylation sites is 1. The summed E-state index contributed by atoms with van der Waals surface area (Å²) in [6.07, 6.45) is 3.40. The van der Waals surface area contributed by atoms with Crippen LogP contribution < -0.4 is 10.2 Å². The lowest BCUT2D eigenvalue weighted by Gasteiger charge is -2.24. The van der Waals surface area contributed by atoms with Crippen molar-refractivity contribution in [1.82, 2.24) is 10.3 Å². The molecule has 1 amide bonds. The lowest BCUT2D eigenvalue weighted by molar-refractivity contribution is 0.0985. The second-order valence-electron chi connectivity index (χ2n) is 5.58. The van der Waals surface area contributed by atoms with Gasteiger partial charge in [-0.05, 0) is 37.1 Å². The number of nitrogens with zero attached hydrogens (tertiary/aromatic N) is 2. The van der Waals surface area contributed by atoms with E-state index in [0.29, 0.717) is 12.1 Å². The smallest absolute Gasteiger partial charge is 0.259 e. The number of amides is 1. The zero-order valence-electron chi connectivity index (χ0n) is 12.3. The molecule has 1 atom stereocenters. The summed E-state index contributed by atoms with van der Waals surface area (Å²) in [4.78, 5) is 18.9. The van der Waals surface area contributed by atoms with Crippen LogP contribution in [0.1, 0.15) is 28.4 Å². The van der Waals surface area contributed by atoms with Crippen LogP contribution in [0.25, 0.3) is 0 Å². The van der Waals surface area contributed by atoms with Crippen LogP contribution in [0, 0.1) is 6.92 Å². The van der Waals surface area contributed by atoms with E-state index in [-0.39, 0.29) is 11.9 Å². The van der Waals surface area contributed by atoms with Crippen molar-refractivity contribution in [3.63, 3.8) is 0 Å². The molecule has 3 rings (SSSR count). The van der Waals surface area contributed by atoms with Gasteiger partial charge in [-0.15, -0.1) is 0 Å². The Kier molecular flexibility index (Phi) is 3.71. The van der Waals surface area contributed by atoms with Crippen LogP contribution in [-0.4, -0.2) is 23.5 Å². The summed E-state index contributed by atoms with van der Waals surface area (Å²) in [5.41, 5.74) is 3.77. The number of benzene rings is 1. The Morgan fingerprint density at radius 2 is 2.14 bits per heavy atom. The molecule has 0 bridgehead atoms. The van der Waals surface area contributed by atoms with Gasteiger partial charge in [0.1, 0.15) is 0 Å². The molecule has 2 aromatic rings. The number of hydrogen-bond acceptors (Lipinski definition) is 3. The summed E-state index contributed by atoms with van der Waals surface area (Å²) in [6.45, 7) is 5.49. The maximum Gasteiger partial charge on any atom is 0.259 e. The quantitative estimate of drug-likeness (QED) is 0.873. The first-order valence-electron chi connectivity index (χ1n) is 7.20. The van der Waals surface area contributed by atoms with E-state index < -0.39 is 0 Å². The first-order valence-corrected chi connectivity index (χ1v) is 7.20. The minimum absolute atomic E-state index is 0.00852. The molecule has 0 radical (unpaired) electrons. The predicted octanol–water partition coefficient (Wildman–Crippen LogP) is 2.53. The highest BCUT2D eigenvalue weighted by molar-refractivity contribution is 6.06. The Morgan fingerprint density at radius 1 is 1.33 bits per heavy atom. The van der Waals surface area contributed by atoms with Gasteiger partial charge in [0, 0.05) is 37.2 Å². The van der Waals surface area contributed by atoms with Gasteiger partial charge in [0.15, 0.2) is 0 Å². The standard InChI is InChI=1S/C17H19N3O/c1-12-7-15(9-18-8-12)17(21)20-11-13(2)19-10-14-5-3-4-6-16(14)20/h3-9,13,19H,10-11H2,1-2H3. The van der Waals surface area contributed by atoms with E-state index in [1.807, 2.05) is 36.1 Å². The molecule has 0 aliphatic carbocycles. The molecular formula is C17H19N3O. The van der Waals surface area contributed by atoms with E-state index in [9.17, 15) is 4.79 Å². The number of carbonyl (C=O) groups excluding carboxylic acids is 1.